The molecule has 4 nitrogen and oxygen atoms in total. The lowest BCUT2D eigenvalue weighted by molar-refractivity contribution is -0.117. The van der Waals surface area contributed by atoms with E-state index in [2.05, 4.69) is 5.32 Å². The molecule has 2 rings (SSSR count). The van der Waals surface area contributed by atoms with Crippen LogP contribution in [-0.4, -0.2) is 13.0 Å². The first-order chi connectivity index (χ1) is 8.69. The second kappa shape index (κ2) is 5.76. The van der Waals surface area contributed by atoms with Crippen molar-refractivity contribution in [3.05, 3.63) is 18.2 Å². The fourth-order valence-electron chi connectivity index (χ4n) is 2.50. The summed E-state index contributed by atoms with van der Waals surface area (Å²) in [6.07, 6.45) is 5.43. The molecule has 98 valence electrons. The molecule has 1 aliphatic rings. The standard InChI is InChI=1S/C14H20N2O2/c1-18-13-7-6-11(15)9-12(13)16-14(17)8-10-4-2-3-5-10/h6-7,9-10H,2-5,8,15H2,1H3,(H,16,17). The maximum Gasteiger partial charge on any atom is 0.224 e. The van der Waals surface area contributed by atoms with Crippen molar-refractivity contribution in [2.24, 2.45) is 5.92 Å². The first-order valence-electron chi connectivity index (χ1n) is 6.42. The number of rotatable bonds is 4. The zero-order valence-corrected chi connectivity index (χ0v) is 10.7. The van der Waals surface area contributed by atoms with Gasteiger partial charge in [0, 0.05) is 12.1 Å². The Morgan fingerprint density at radius 1 is 1.44 bits per heavy atom. The van der Waals surface area contributed by atoms with E-state index in [-0.39, 0.29) is 5.91 Å². The zero-order chi connectivity index (χ0) is 13.0. The number of ether oxygens (including phenoxy) is 1. The van der Waals surface area contributed by atoms with Crippen LogP contribution in [0.2, 0.25) is 0 Å². The summed E-state index contributed by atoms with van der Waals surface area (Å²) >= 11 is 0. The first-order valence-corrected chi connectivity index (χ1v) is 6.42. The second-order valence-electron chi connectivity index (χ2n) is 4.86. The van der Waals surface area contributed by atoms with Crippen molar-refractivity contribution < 1.29 is 9.53 Å². The minimum atomic E-state index is 0.0470. The lowest BCUT2D eigenvalue weighted by Crippen LogP contribution is -2.15. The van der Waals surface area contributed by atoms with Gasteiger partial charge in [-0.25, -0.2) is 0 Å². The Morgan fingerprint density at radius 3 is 2.83 bits per heavy atom. The topological polar surface area (TPSA) is 64.3 Å². The molecular weight excluding hydrogens is 228 g/mol. The van der Waals surface area contributed by atoms with Crippen molar-refractivity contribution in [1.82, 2.24) is 0 Å². The fraction of sp³-hybridized carbons (Fsp3) is 0.500. The van der Waals surface area contributed by atoms with Crippen LogP contribution in [0.25, 0.3) is 0 Å². The van der Waals surface area contributed by atoms with Gasteiger partial charge in [0.2, 0.25) is 5.91 Å². The normalized spacial score (nSPS) is 15.6. The molecule has 0 saturated heterocycles. The van der Waals surface area contributed by atoms with Gasteiger partial charge in [-0.2, -0.15) is 0 Å². The molecule has 0 radical (unpaired) electrons. The van der Waals surface area contributed by atoms with Crippen LogP contribution < -0.4 is 15.8 Å². The van der Waals surface area contributed by atoms with Crippen LogP contribution in [0.15, 0.2) is 18.2 Å². The van der Waals surface area contributed by atoms with Crippen LogP contribution in [0.4, 0.5) is 11.4 Å². The largest absolute Gasteiger partial charge is 0.495 e. The number of nitrogens with two attached hydrogens (primary N) is 1. The molecule has 1 fully saturated rings. The molecule has 1 aromatic rings. The molecule has 0 heterocycles. The number of nitrogen functional groups attached to an aromatic ring is 1. The van der Waals surface area contributed by atoms with E-state index in [0.29, 0.717) is 29.5 Å². The van der Waals surface area contributed by atoms with Gasteiger partial charge in [0.15, 0.2) is 0 Å². The number of hydrogen-bond acceptors (Lipinski definition) is 3. The summed E-state index contributed by atoms with van der Waals surface area (Å²) in [6, 6.07) is 5.25. The highest BCUT2D eigenvalue weighted by Crippen LogP contribution is 2.30. The number of benzene rings is 1. The number of hydrogen-bond donors (Lipinski definition) is 2. The highest BCUT2D eigenvalue weighted by atomic mass is 16.5. The van der Waals surface area contributed by atoms with Crippen LogP contribution >= 0.6 is 0 Å². The lowest BCUT2D eigenvalue weighted by atomic mass is 10.0. The van der Waals surface area contributed by atoms with Gasteiger partial charge in [-0.3, -0.25) is 4.79 Å². The summed E-state index contributed by atoms with van der Waals surface area (Å²) in [5.41, 5.74) is 6.99. The Labute approximate surface area is 108 Å². The average Bonchev–Trinajstić information content (AvgIpc) is 2.82. The molecule has 1 aliphatic carbocycles. The molecule has 0 aliphatic heterocycles. The minimum absolute atomic E-state index is 0.0470. The van der Waals surface area contributed by atoms with E-state index >= 15 is 0 Å². The van der Waals surface area contributed by atoms with E-state index in [9.17, 15) is 4.79 Å². The molecule has 1 amide bonds. The van der Waals surface area contributed by atoms with Crippen molar-refractivity contribution in [1.29, 1.82) is 0 Å². The predicted molar refractivity (Wildman–Crippen MR) is 72.6 cm³/mol. The molecular formula is C14H20N2O2. The van der Waals surface area contributed by atoms with Crippen LogP contribution in [0, 0.1) is 5.92 Å². The summed E-state index contributed by atoms with van der Waals surface area (Å²) in [6.45, 7) is 0. The first kappa shape index (κ1) is 12.7. The molecule has 3 N–H and O–H groups in total. The van der Waals surface area contributed by atoms with Crippen LogP contribution in [0.3, 0.4) is 0 Å². The third kappa shape index (κ3) is 3.15. The average molecular weight is 248 g/mol. The maximum atomic E-state index is 11.9. The van der Waals surface area contributed by atoms with Gasteiger partial charge in [-0.1, -0.05) is 12.8 Å². The molecule has 18 heavy (non-hydrogen) atoms. The van der Waals surface area contributed by atoms with E-state index in [1.54, 1.807) is 25.3 Å². The third-order valence-electron chi connectivity index (χ3n) is 3.45. The van der Waals surface area contributed by atoms with Gasteiger partial charge in [0.25, 0.3) is 0 Å². The summed E-state index contributed by atoms with van der Waals surface area (Å²) in [5.74, 6) is 1.23. The van der Waals surface area contributed by atoms with Gasteiger partial charge in [-0.15, -0.1) is 0 Å². The number of methoxy groups -OCH3 is 1. The molecule has 1 aromatic carbocycles. The Morgan fingerprint density at radius 2 is 2.17 bits per heavy atom. The van der Waals surface area contributed by atoms with E-state index in [4.69, 9.17) is 10.5 Å². The number of amides is 1. The number of anilines is 2. The van der Waals surface area contributed by atoms with Crippen LogP contribution in [0.5, 0.6) is 5.75 Å². The van der Waals surface area contributed by atoms with Crippen molar-refractivity contribution in [3.8, 4) is 5.75 Å². The Bertz CT molecular complexity index is 426. The molecule has 0 aromatic heterocycles. The maximum absolute atomic E-state index is 11.9. The van der Waals surface area contributed by atoms with E-state index < -0.39 is 0 Å². The molecule has 0 spiro atoms. The lowest BCUT2D eigenvalue weighted by Gasteiger charge is -2.13. The Hall–Kier alpha value is -1.71. The SMILES string of the molecule is COc1ccc(N)cc1NC(=O)CC1CCCC1. The number of carbonyl (C=O) groups is 1. The Kier molecular flexibility index (Phi) is 4.07. The van der Waals surface area contributed by atoms with Crippen molar-refractivity contribution in [3.63, 3.8) is 0 Å². The Balaban J connectivity index is 1.99. The summed E-state index contributed by atoms with van der Waals surface area (Å²) in [7, 11) is 1.58. The van der Waals surface area contributed by atoms with Crippen molar-refractivity contribution in [2.75, 3.05) is 18.2 Å². The highest BCUT2D eigenvalue weighted by Gasteiger charge is 2.19. The van der Waals surface area contributed by atoms with Crippen LogP contribution in [-0.2, 0) is 4.79 Å². The smallest absolute Gasteiger partial charge is 0.224 e. The summed E-state index contributed by atoms with van der Waals surface area (Å²) in [5, 5.41) is 2.89. The monoisotopic (exact) mass is 248 g/mol. The number of nitrogens with one attached hydrogen (secondary N) is 1. The van der Waals surface area contributed by atoms with Crippen molar-refractivity contribution in [2.45, 2.75) is 32.1 Å². The summed E-state index contributed by atoms with van der Waals surface area (Å²) in [4.78, 5) is 11.9. The van der Waals surface area contributed by atoms with Gasteiger partial charge >= 0.3 is 0 Å². The van der Waals surface area contributed by atoms with Gasteiger partial charge in [0.05, 0.1) is 12.8 Å². The number of carbonyl (C=O) groups excluding carboxylic acids is 1. The second-order valence-corrected chi connectivity index (χ2v) is 4.86. The molecule has 1 saturated carbocycles. The predicted octanol–water partition coefficient (Wildman–Crippen LogP) is 2.80. The van der Waals surface area contributed by atoms with E-state index in [1.807, 2.05) is 0 Å². The van der Waals surface area contributed by atoms with Crippen LogP contribution in [0.1, 0.15) is 32.1 Å². The molecule has 4 heteroatoms. The van der Waals surface area contributed by atoms with Gasteiger partial charge in [0.1, 0.15) is 5.75 Å². The third-order valence-corrected chi connectivity index (χ3v) is 3.45. The zero-order valence-electron chi connectivity index (χ0n) is 10.7. The van der Waals surface area contributed by atoms with Crippen molar-refractivity contribution >= 4 is 17.3 Å². The fourth-order valence-corrected chi connectivity index (χ4v) is 2.50. The van der Waals surface area contributed by atoms with Gasteiger partial charge in [-0.05, 0) is 37.0 Å². The molecule has 0 unspecified atom stereocenters. The molecule has 0 atom stereocenters. The molecule has 0 bridgehead atoms. The minimum Gasteiger partial charge on any atom is -0.495 e. The van der Waals surface area contributed by atoms with E-state index in [1.165, 1.54) is 25.7 Å². The highest BCUT2D eigenvalue weighted by molar-refractivity contribution is 5.93. The summed E-state index contributed by atoms with van der Waals surface area (Å²) < 4.78 is 5.20. The van der Waals surface area contributed by atoms with Gasteiger partial charge < -0.3 is 15.8 Å². The quantitative estimate of drug-likeness (QED) is 0.805. The van der Waals surface area contributed by atoms with E-state index in [0.717, 1.165) is 0 Å².